The molecule has 0 spiro atoms. The van der Waals surface area contributed by atoms with Crippen molar-refractivity contribution in [1.29, 1.82) is 0 Å². The van der Waals surface area contributed by atoms with Crippen molar-refractivity contribution in [3.8, 4) is 0 Å². The molecule has 0 aromatic heterocycles. The summed E-state index contributed by atoms with van der Waals surface area (Å²) in [5.41, 5.74) is 0.0999. The van der Waals surface area contributed by atoms with Crippen molar-refractivity contribution in [2.24, 2.45) is 0 Å². The molecular formula is C15H29N3O. The largest absolute Gasteiger partial charge is 0.355 e. The highest BCUT2D eigenvalue weighted by Crippen LogP contribution is 2.33. The Bertz CT molecular complexity index is 311. The van der Waals surface area contributed by atoms with E-state index in [0.29, 0.717) is 6.04 Å². The molecule has 1 heterocycles. The van der Waals surface area contributed by atoms with Gasteiger partial charge in [0.2, 0.25) is 5.91 Å². The summed E-state index contributed by atoms with van der Waals surface area (Å²) >= 11 is 0. The minimum atomic E-state index is -0.0226. The van der Waals surface area contributed by atoms with Crippen LogP contribution in [0.15, 0.2) is 0 Å². The van der Waals surface area contributed by atoms with Crippen molar-refractivity contribution < 1.29 is 4.79 Å². The van der Waals surface area contributed by atoms with Crippen molar-refractivity contribution in [2.75, 3.05) is 20.1 Å². The van der Waals surface area contributed by atoms with E-state index in [0.717, 1.165) is 19.5 Å². The van der Waals surface area contributed by atoms with E-state index in [-0.39, 0.29) is 17.5 Å². The number of hydrogen-bond acceptors (Lipinski definition) is 3. The lowest BCUT2D eigenvalue weighted by Gasteiger charge is -2.47. The van der Waals surface area contributed by atoms with Crippen LogP contribution in [0, 0.1) is 0 Å². The van der Waals surface area contributed by atoms with E-state index in [1.54, 1.807) is 0 Å². The molecule has 0 radical (unpaired) electrons. The highest BCUT2D eigenvalue weighted by Gasteiger charge is 2.42. The molecule has 1 atom stereocenters. The quantitative estimate of drug-likeness (QED) is 0.814. The van der Waals surface area contributed by atoms with E-state index in [1.165, 1.54) is 32.1 Å². The molecular weight excluding hydrogens is 238 g/mol. The number of likely N-dealkylation sites (N-methyl/N-ethyl adjacent to an activating group) is 1. The van der Waals surface area contributed by atoms with Gasteiger partial charge in [-0.15, -0.1) is 0 Å². The van der Waals surface area contributed by atoms with Gasteiger partial charge in [-0.1, -0.05) is 19.3 Å². The fraction of sp³-hybridized carbons (Fsp3) is 0.933. The van der Waals surface area contributed by atoms with Gasteiger partial charge in [0.15, 0.2) is 0 Å². The average Bonchev–Trinajstić information content (AvgIpc) is 2.48. The van der Waals surface area contributed by atoms with Crippen molar-refractivity contribution in [2.45, 2.75) is 70.0 Å². The molecule has 4 heteroatoms. The van der Waals surface area contributed by atoms with Gasteiger partial charge >= 0.3 is 0 Å². The number of amides is 1. The Balaban J connectivity index is 2.24. The van der Waals surface area contributed by atoms with Crippen molar-refractivity contribution in [3.05, 3.63) is 0 Å². The predicted molar refractivity (Wildman–Crippen MR) is 78.1 cm³/mol. The number of nitrogens with one attached hydrogen (secondary N) is 2. The molecule has 1 unspecified atom stereocenters. The number of hydrogen-bond donors (Lipinski definition) is 2. The summed E-state index contributed by atoms with van der Waals surface area (Å²) in [5, 5.41) is 6.28. The normalized spacial score (nSPS) is 29.8. The summed E-state index contributed by atoms with van der Waals surface area (Å²) in [7, 11) is 1.93. The van der Waals surface area contributed by atoms with Gasteiger partial charge in [0.05, 0.1) is 0 Å². The smallest absolute Gasteiger partial charge is 0.238 e. The number of carbonyl (C=O) groups excluding carboxylic acids is 1. The molecule has 1 amide bonds. The summed E-state index contributed by atoms with van der Waals surface area (Å²) < 4.78 is 0. The molecule has 110 valence electrons. The Morgan fingerprint density at radius 3 is 2.63 bits per heavy atom. The zero-order valence-corrected chi connectivity index (χ0v) is 12.7. The molecule has 0 aromatic rings. The monoisotopic (exact) mass is 267 g/mol. The van der Waals surface area contributed by atoms with Crippen LogP contribution >= 0.6 is 0 Å². The Morgan fingerprint density at radius 2 is 2.00 bits per heavy atom. The first kappa shape index (κ1) is 14.8. The van der Waals surface area contributed by atoms with Crippen LogP contribution in [-0.4, -0.2) is 48.6 Å². The van der Waals surface area contributed by atoms with E-state index in [2.05, 4.69) is 29.4 Å². The van der Waals surface area contributed by atoms with Gasteiger partial charge in [0, 0.05) is 24.7 Å². The van der Waals surface area contributed by atoms with Gasteiger partial charge in [-0.05, 0) is 40.2 Å². The zero-order valence-electron chi connectivity index (χ0n) is 12.7. The third kappa shape index (κ3) is 3.29. The maximum Gasteiger partial charge on any atom is 0.238 e. The summed E-state index contributed by atoms with van der Waals surface area (Å²) in [6.45, 7) is 6.14. The van der Waals surface area contributed by atoms with Crippen LogP contribution < -0.4 is 10.6 Å². The highest BCUT2D eigenvalue weighted by atomic mass is 16.2. The zero-order chi connectivity index (χ0) is 13.9. The first-order valence-electron chi connectivity index (χ1n) is 7.77. The van der Waals surface area contributed by atoms with E-state index in [9.17, 15) is 4.79 Å². The fourth-order valence-electron chi connectivity index (χ4n) is 3.78. The Labute approximate surface area is 117 Å². The lowest BCUT2D eigenvalue weighted by molar-refractivity contribution is -0.128. The first-order chi connectivity index (χ1) is 9.06. The van der Waals surface area contributed by atoms with Crippen LogP contribution in [0.1, 0.15) is 52.4 Å². The maximum atomic E-state index is 12.4. The molecule has 1 aliphatic carbocycles. The van der Waals surface area contributed by atoms with E-state index in [4.69, 9.17) is 0 Å². The summed E-state index contributed by atoms with van der Waals surface area (Å²) in [4.78, 5) is 14.9. The topological polar surface area (TPSA) is 44.4 Å². The van der Waals surface area contributed by atoms with Gasteiger partial charge in [-0.25, -0.2) is 0 Å². The van der Waals surface area contributed by atoms with Gasteiger partial charge < -0.3 is 10.6 Å². The molecule has 1 aliphatic heterocycles. The molecule has 2 aliphatic rings. The van der Waals surface area contributed by atoms with Gasteiger partial charge in [0.1, 0.15) is 6.04 Å². The lowest BCUT2D eigenvalue weighted by Crippen LogP contribution is -2.60. The minimum absolute atomic E-state index is 0.0226. The molecule has 2 N–H and O–H groups in total. The second kappa shape index (κ2) is 6.23. The van der Waals surface area contributed by atoms with Crippen molar-refractivity contribution in [1.82, 2.24) is 15.5 Å². The first-order valence-corrected chi connectivity index (χ1v) is 7.77. The summed E-state index contributed by atoms with van der Waals surface area (Å²) in [6, 6.07) is 0.552. The van der Waals surface area contributed by atoms with Crippen LogP contribution in [0.5, 0.6) is 0 Å². The molecule has 4 nitrogen and oxygen atoms in total. The van der Waals surface area contributed by atoms with Gasteiger partial charge in [-0.2, -0.15) is 0 Å². The second-order valence-corrected chi connectivity index (χ2v) is 6.63. The van der Waals surface area contributed by atoms with E-state index >= 15 is 0 Å². The Morgan fingerprint density at radius 1 is 1.32 bits per heavy atom. The SMILES string of the molecule is CNCC1C(=O)NCCC(C)(C)N1C1CCCCC1. The van der Waals surface area contributed by atoms with Crippen molar-refractivity contribution >= 4 is 5.91 Å². The molecule has 2 rings (SSSR count). The number of rotatable bonds is 3. The molecule has 2 fully saturated rings. The fourth-order valence-corrected chi connectivity index (χ4v) is 3.78. The Kier molecular flexibility index (Phi) is 4.85. The average molecular weight is 267 g/mol. The molecule has 1 saturated heterocycles. The lowest BCUT2D eigenvalue weighted by atomic mass is 9.87. The maximum absolute atomic E-state index is 12.4. The predicted octanol–water partition coefficient (Wildman–Crippen LogP) is 1.51. The molecule has 0 bridgehead atoms. The van der Waals surface area contributed by atoms with E-state index < -0.39 is 0 Å². The van der Waals surface area contributed by atoms with Gasteiger partial charge in [0.25, 0.3) is 0 Å². The van der Waals surface area contributed by atoms with Gasteiger partial charge in [-0.3, -0.25) is 9.69 Å². The highest BCUT2D eigenvalue weighted by molar-refractivity contribution is 5.82. The van der Waals surface area contributed by atoms with Crippen molar-refractivity contribution in [3.63, 3.8) is 0 Å². The van der Waals surface area contributed by atoms with E-state index in [1.807, 2.05) is 7.05 Å². The number of carbonyl (C=O) groups is 1. The van der Waals surface area contributed by atoms with Crippen LogP contribution in [0.2, 0.25) is 0 Å². The Hall–Kier alpha value is -0.610. The molecule has 0 aromatic carbocycles. The summed E-state index contributed by atoms with van der Waals surface area (Å²) in [6.07, 6.45) is 7.51. The van der Waals surface area contributed by atoms with Crippen LogP contribution in [0.4, 0.5) is 0 Å². The standard InChI is InChI=1S/C15H29N3O/c1-15(2)9-10-17-14(19)13(11-16-3)18(15)12-7-5-4-6-8-12/h12-13,16H,4-11H2,1-3H3,(H,17,19). The second-order valence-electron chi connectivity index (χ2n) is 6.63. The van der Waals surface area contributed by atoms with Crippen LogP contribution in [0.3, 0.4) is 0 Å². The molecule has 19 heavy (non-hydrogen) atoms. The van der Waals surface area contributed by atoms with Crippen LogP contribution in [-0.2, 0) is 4.79 Å². The molecule has 1 saturated carbocycles. The summed E-state index contributed by atoms with van der Waals surface area (Å²) in [5.74, 6) is 0.200. The minimum Gasteiger partial charge on any atom is -0.355 e. The third-order valence-corrected chi connectivity index (χ3v) is 4.74. The third-order valence-electron chi connectivity index (χ3n) is 4.74. The van der Waals surface area contributed by atoms with Crippen LogP contribution in [0.25, 0.3) is 0 Å². The number of nitrogens with zero attached hydrogens (tertiary/aromatic N) is 1.